The minimum Gasteiger partial charge on any atom is -0.549 e. The summed E-state index contributed by atoms with van der Waals surface area (Å²) in [6.07, 6.45) is 5.98. The Morgan fingerprint density at radius 1 is 1.03 bits per heavy atom. The largest absolute Gasteiger partial charge is 0.549 e. The maximum atomic E-state index is 13.4. The molecule has 1 heterocycles. The van der Waals surface area contributed by atoms with Crippen LogP contribution in [0, 0.1) is 29.6 Å². The zero-order chi connectivity index (χ0) is 23.3. The van der Waals surface area contributed by atoms with Gasteiger partial charge in [0.05, 0.1) is 11.9 Å². The van der Waals surface area contributed by atoms with E-state index in [1.165, 1.54) is 0 Å². The second kappa shape index (κ2) is 12.1. The lowest BCUT2D eigenvalue weighted by Gasteiger charge is -2.48. The van der Waals surface area contributed by atoms with Crippen molar-refractivity contribution >= 4 is 40.7 Å². The predicted octanol–water partition coefficient (Wildman–Crippen LogP) is 2.20. The molecule has 4 atom stereocenters. The number of carboxylic acid groups (broad SMARTS) is 1. The molecule has 0 bridgehead atoms. The molecule has 0 spiro atoms. The molecule has 2 saturated carbocycles. The number of hydrogen-bond acceptors (Lipinski definition) is 6. The number of hydrogen-bond donors (Lipinski definition) is 0. The summed E-state index contributed by atoms with van der Waals surface area (Å²) in [5.74, 6) is -0.486. The molecule has 8 heteroatoms. The Bertz CT molecular complexity index is 662. The molecule has 0 aromatic carbocycles. The maximum absolute atomic E-state index is 13.4. The molecule has 1 aliphatic heterocycles. The summed E-state index contributed by atoms with van der Waals surface area (Å²) in [5.41, 5.74) is 0. The van der Waals surface area contributed by atoms with Crippen molar-refractivity contribution in [1.29, 1.82) is 0 Å². The van der Waals surface area contributed by atoms with Gasteiger partial charge in [-0.1, -0.05) is 6.92 Å². The van der Waals surface area contributed by atoms with Crippen molar-refractivity contribution in [3.8, 4) is 0 Å². The molecular weight excluding hydrogens is 451 g/mol. The summed E-state index contributed by atoms with van der Waals surface area (Å²) in [4.78, 5) is 41.9. The third kappa shape index (κ3) is 6.05. The van der Waals surface area contributed by atoms with Crippen molar-refractivity contribution in [2.75, 3.05) is 44.5 Å². The molecule has 1 saturated heterocycles. The molecule has 4 unspecified atom stereocenters. The van der Waals surface area contributed by atoms with Crippen molar-refractivity contribution in [2.45, 2.75) is 57.9 Å². The van der Waals surface area contributed by atoms with E-state index >= 15 is 0 Å². The summed E-state index contributed by atoms with van der Waals surface area (Å²) in [6, 6.07) is -0.0122. The third-order valence-electron chi connectivity index (χ3n) is 8.07. The van der Waals surface area contributed by atoms with Gasteiger partial charge in [-0.05, 0) is 57.4 Å². The lowest BCUT2D eigenvalue weighted by molar-refractivity contribution is -0.311. The van der Waals surface area contributed by atoms with Crippen LogP contribution in [0.3, 0.4) is 0 Å². The number of carbonyl (C=O) groups excluding carboxylic acids is 3. The highest BCUT2D eigenvalue weighted by molar-refractivity contribution is 6.18. The smallest absolute Gasteiger partial charge is 0.147 e. The molecule has 0 radical (unpaired) electrons. The van der Waals surface area contributed by atoms with Gasteiger partial charge in [0.2, 0.25) is 0 Å². The van der Waals surface area contributed by atoms with Crippen LogP contribution in [0.2, 0.25) is 0 Å². The number of piperidine rings is 1. The average Bonchev–Trinajstić information content (AvgIpc) is 2.79. The van der Waals surface area contributed by atoms with Crippen LogP contribution in [-0.2, 0) is 14.4 Å². The molecule has 32 heavy (non-hydrogen) atoms. The molecule has 6 nitrogen and oxygen atoms in total. The van der Waals surface area contributed by atoms with Gasteiger partial charge in [-0.15, -0.1) is 23.2 Å². The molecule has 3 fully saturated rings. The lowest BCUT2D eigenvalue weighted by atomic mass is 9.67. The van der Waals surface area contributed by atoms with Crippen molar-refractivity contribution in [1.82, 2.24) is 9.80 Å². The van der Waals surface area contributed by atoms with Gasteiger partial charge in [0.25, 0.3) is 0 Å². The molecule has 0 aromatic rings. The molecule has 0 N–H and O–H groups in total. The van der Waals surface area contributed by atoms with Crippen LogP contribution < -0.4 is 5.11 Å². The quantitative estimate of drug-likeness (QED) is 0.347. The van der Waals surface area contributed by atoms with Crippen LogP contribution >= 0.6 is 23.2 Å². The summed E-state index contributed by atoms with van der Waals surface area (Å²) < 4.78 is 0. The number of ketones is 2. The van der Waals surface area contributed by atoms with E-state index in [1.54, 1.807) is 0 Å². The van der Waals surface area contributed by atoms with Gasteiger partial charge >= 0.3 is 0 Å². The van der Waals surface area contributed by atoms with E-state index in [0.29, 0.717) is 49.3 Å². The molecular formula is C24H37Cl2N2O4-. The highest BCUT2D eigenvalue weighted by Crippen LogP contribution is 2.41. The van der Waals surface area contributed by atoms with E-state index < -0.39 is 11.9 Å². The number of fused-ring (bicyclic) bond motifs is 1. The van der Waals surface area contributed by atoms with Crippen LogP contribution in [0.1, 0.15) is 51.9 Å². The summed E-state index contributed by atoms with van der Waals surface area (Å²) in [5, 5.41) is 11.4. The fourth-order valence-corrected chi connectivity index (χ4v) is 6.75. The molecule has 2 aliphatic carbocycles. The van der Waals surface area contributed by atoms with Crippen LogP contribution in [-0.4, -0.2) is 77.9 Å². The van der Waals surface area contributed by atoms with Crippen molar-refractivity contribution in [3.05, 3.63) is 0 Å². The minimum absolute atomic E-state index is 0.0110. The SMILES string of the molecule is CCN1CC(C(=O)[O-])C(=O)C2CCC(C(=O)C3CCC(CN(CCCl)CCCl)CC3)CC21. The molecule has 182 valence electrons. The van der Waals surface area contributed by atoms with Gasteiger partial charge in [-0.25, -0.2) is 0 Å². The zero-order valence-corrected chi connectivity index (χ0v) is 20.7. The number of alkyl halides is 2. The Balaban J connectivity index is 1.54. The van der Waals surface area contributed by atoms with E-state index in [1.807, 2.05) is 6.92 Å². The number of halogens is 2. The van der Waals surface area contributed by atoms with E-state index in [2.05, 4.69) is 9.80 Å². The molecule has 0 amide bonds. The number of aliphatic carboxylic acids is 1. The van der Waals surface area contributed by atoms with E-state index in [-0.39, 0.29) is 36.1 Å². The Labute approximate surface area is 202 Å². The number of likely N-dealkylation sites (tertiary alicyclic amines) is 1. The Morgan fingerprint density at radius 2 is 1.66 bits per heavy atom. The molecule has 0 aromatic heterocycles. The zero-order valence-electron chi connectivity index (χ0n) is 19.1. The van der Waals surface area contributed by atoms with Crippen molar-refractivity contribution in [3.63, 3.8) is 0 Å². The Kier molecular flexibility index (Phi) is 9.84. The fourth-order valence-electron chi connectivity index (χ4n) is 6.27. The first-order chi connectivity index (χ1) is 15.4. The lowest BCUT2D eigenvalue weighted by Crippen LogP contribution is -2.59. The van der Waals surface area contributed by atoms with Crippen molar-refractivity contribution < 1.29 is 19.5 Å². The summed E-state index contributed by atoms with van der Waals surface area (Å²) >= 11 is 11.8. The maximum Gasteiger partial charge on any atom is 0.147 e. The number of carboxylic acids is 1. The fraction of sp³-hybridized carbons (Fsp3) is 0.875. The van der Waals surface area contributed by atoms with E-state index in [0.717, 1.165) is 45.3 Å². The van der Waals surface area contributed by atoms with Crippen LogP contribution in [0.15, 0.2) is 0 Å². The van der Waals surface area contributed by atoms with Crippen LogP contribution in [0.25, 0.3) is 0 Å². The minimum atomic E-state index is -1.27. The van der Waals surface area contributed by atoms with Gasteiger partial charge < -0.3 is 14.8 Å². The third-order valence-corrected chi connectivity index (χ3v) is 8.41. The molecule has 3 rings (SSSR count). The van der Waals surface area contributed by atoms with Crippen LogP contribution in [0.4, 0.5) is 0 Å². The van der Waals surface area contributed by atoms with Gasteiger partial charge in [0.15, 0.2) is 0 Å². The average molecular weight is 488 g/mol. The van der Waals surface area contributed by atoms with Crippen LogP contribution in [0.5, 0.6) is 0 Å². The topological polar surface area (TPSA) is 80.8 Å². The van der Waals surface area contributed by atoms with E-state index in [4.69, 9.17) is 23.2 Å². The number of rotatable bonds is 10. The summed E-state index contributed by atoms with van der Waals surface area (Å²) in [7, 11) is 0. The van der Waals surface area contributed by atoms with Gasteiger partial charge in [0.1, 0.15) is 11.6 Å². The van der Waals surface area contributed by atoms with E-state index in [9.17, 15) is 19.5 Å². The molecule has 3 aliphatic rings. The number of Topliss-reactive ketones (excluding diaryl/α,β-unsaturated/α-hetero) is 2. The monoisotopic (exact) mass is 487 g/mol. The predicted molar refractivity (Wildman–Crippen MR) is 124 cm³/mol. The highest BCUT2D eigenvalue weighted by atomic mass is 35.5. The second-order valence-electron chi connectivity index (χ2n) is 9.84. The first kappa shape index (κ1) is 25.9. The van der Waals surface area contributed by atoms with Crippen molar-refractivity contribution in [2.24, 2.45) is 29.6 Å². The first-order valence-electron chi connectivity index (χ1n) is 12.3. The standard InChI is InChI=1S/C24H38Cl2N2O4/c1-2-28-15-20(24(31)32)23(30)19-8-7-18(13-21(19)28)22(29)17-5-3-16(4-6-17)14-27(11-9-25)12-10-26/h16-21H,2-15H2,1H3,(H,31,32)/p-1. The Morgan fingerprint density at radius 3 is 2.22 bits per heavy atom. The van der Waals surface area contributed by atoms with Gasteiger partial charge in [-0.3, -0.25) is 14.5 Å². The highest BCUT2D eigenvalue weighted by Gasteiger charge is 2.47. The van der Waals surface area contributed by atoms with Gasteiger partial charge in [0, 0.05) is 61.7 Å². The first-order valence-corrected chi connectivity index (χ1v) is 13.3. The number of carbonyl (C=O) groups is 3. The normalized spacial score (nSPS) is 33.8. The Hall–Kier alpha value is -0.690. The van der Waals surface area contributed by atoms with Gasteiger partial charge in [-0.2, -0.15) is 0 Å². The summed E-state index contributed by atoms with van der Waals surface area (Å²) in [6.45, 7) is 5.59. The second-order valence-corrected chi connectivity index (χ2v) is 10.6. The number of nitrogens with zero attached hydrogens (tertiary/aromatic N) is 2.